The Morgan fingerprint density at radius 2 is 2.11 bits per heavy atom. The zero-order chi connectivity index (χ0) is 14.6. The van der Waals surface area contributed by atoms with E-state index in [-0.39, 0.29) is 18.6 Å². The predicted octanol–water partition coefficient (Wildman–Crippen LogP) is 0.747. The van der Waals surface area contributed by atoms with Crippen molar-refractivity contribution in [3.8, 4) is 0 Å². The SMILES string of the molecule is CC1SCCN(C(=O)NCC(C)(O)CC(=O)O)C1C. The molecule has 3 N–H and O–H groups in total. The van der Waals surface area contributed by atoms with Crippen LogP contribution in [0.5, 0.6) is 0 Å². The van der Waals surface area contributed by atoms with E-state index < -0.39 is 18.0 Å². The zero-order valence-corrected chi connectivity index (χ0v) is 12.4. The number of nitrogens with one attached hydrogen (secondary N) is 1. The Hall–Kier alpha value is -0.950. The minimum Gasteiger partial charge on any atom is -0.481 e. The van der Waals surface area contributed by atoms with E-state index in [1.807, 2.05) is 18.7 Å². The second kappa shape index (κ2) is 6.47. The number of hydrogen-bond donors (Lipinski definition) is 3. The van der Waals surface area contributed by atoms with Crippen molar-refractivity contribution in [1.82, 2.24) is 10.2 Å². The third kappa shape index (κ3) is 4.91. The van der Waals surface area contributed by atoms with Crippen LogP contribution in [0, 0.1) is 0 Å². The highest BCUT2D eigenvalue weighted by atomic mass is 32.2. The van der Waals surface area contributed by atoms with E-state index >= 15 is 0 Å². The Kier molecular flexibility index (Phi) is 5.49. The fraction of sp³-hybridized carbons (Fsp3) is 0.833. The standard InChI is InChI=1S/C12H22N2O4S/c1-8-9(2)19-5-4-14(8)11(17)13-7-12(3,18)6-10(15)16/h8-9,18H,4-7H2,1-3H3,(H,13,17)(H,15,16). The van der Waals surface area contributed by atoms with E-state index in [0.717, 1.165) is 5.75 Å². The number of carboxylic acids is 1. The molecular weight excluding hydrogens is 268 g/mol. The van der Waals surface area contributed by atoms with Crippen LogP contribution in [0.4, 0.5) is 4.79 Å². The van der Waals surface area contributed by atoms with Crippen LogP contribution in [0.2, 0.25) is 0 Å². The molecule has 1 aliphatic heterocycles. The molecule has 1 rings (SSSR count). The van der Waals surface area contributed by atoms with Gasteiger partial charge in [0.1, 0.15) is 0 Å². The van der Waals surface area contributed by atoms with Crippen molar-refractivity contribution in [3.63, 3.8) is 0 Å². The second-order valence-electron chi connectivity index (χ2n) is 5.24. The highest BCUT2D eigenvalue weighted by Crippen LogP contribution is 2.24. The Morgan fingerprint density at radius 3 is 2.68 bits per heavy atom. The van der Waals surface area contributed by atoms with Crippen LogP contribution in [0.1, 0.15) is 27.2 Å². The van der Waals surface area contributed by atoms with Gasteiger partial charge >= 0.3 is 12.0 Å². The smallest absolute Gasteiger partial charge is 0.317 e. The van der Waals surface area contributed by atoms with E-state index in [1.54, 1.807) is 4.90 Å². The van der Waals surface area contributed by atoms with Gasteiger partial charge in [0.15, 0.2) is 0 Å². The molecule has 3 atom stereocenters. The third-order valence-corrected chi connectivity index (χ3v) is 4.64. The molecule has 0 aromatic heterocycles. The molecule has 1 heterocycles. The Balaban J connectivity index is 2.48. The minimum atomic E-state index is -1.43. The topological polar surface area (TPSA) is 89.9 Å². The molecule has 0 saturated carbocycles. The monoisotopic (exact) mass is 290 g/mol. The molecule has 0 aliphatic carbocycles. The van der Waals surface area contributed by atoms with Crippen LogP contribution in [0.3, 0.4) is 0 Å². The molecule has 1 aliphatic rings. The summed E-state index contributed by atoms with van der Waals surface area (Å²) in [6.07, 6.45) is -0.394. The van der Waals surface area contributed by atoms with Crippen molar-refractivity contribution in [2.45, 2.75) is 44.1 Å². The number of rotatable bonds is 4. The fourth-order valence-corrected chi connectivity index (χ4v) is 3.07. The number of hydrogen-bond acceptors (Lipinski definition) is 4. The first kappa shape index (κ1) is 16.1. The molecular formula is C12H22N2O4S. The summed E-state index contributed by atoms with van der Waals surface area (Å²) in [6, 6.07) is -0.117. The van der Waals surface area contributed by atoms with Gasteiger partial charge in [-0.1, -0.05) is 6.92 Å². The number of carboxylic acid groups (broad SMARTS) is 1. The van der Waals surface area contributed by atoms with Gasteiger partial charge in [0.2, 0.25) is 0 Å². The summed E-state index contributed by atoms with van der Waals surface area (Å²) in [5.41, 5.74) is -1.43. The van der Waals surface area contributed by atoms with Gasteiger partial charge in [0, 0.05) is 30.1 Å². The van der Waals surface area contributed by atoms with E-state index in [0.29, 0.717) is 11.8 Å². The molecule has 1 fully saturated rings. The maximum Gasteiger partial charge on any atom is 0.317 e. The average Bonchev–Trinajstić information content (AvgIpc) is 2.28. The van der Waals surface area contributed by atoms with E-state index in [2.05, 4.69) is 12.2 Å². The number of urea groups is 1. The fourth-order valence-electron chi connectivity index (χ4n) is 1.98. The largest absolute Gasteiger partial charge is 0.481 e. The lowest BCUT2D eigenvalue weighted by Crippen LogP contribution is -2.54. The number of carbonyl (C=O) groups is 2. The van der Waals surface area contributed by atoms with Crippen LogP contribution in [-0.4, -0.2) is 62.8 Å². The van der Waals surface area contributed by atoms with Gasteiger partial charge in [-0.25, -0.2) is 4.79 Å². The Bertz CT molecular complexity index is 349. The lowest BCUT2D eigenvalue weighted by Gasteiger charge is -2.38. The van der Waals surface area contributed by atoms with Crippen LogP contribution >= 0.6 is 11.8 Å². The van der Waals surface area contributed by atoms with Crippen molar-refractivity contribution in [2.75, 3.05) is 18.8 Å². The molecule has 0 bridgehead atoms. The number of nitrogens with zero attached hydrogens (tertiary/aromatic N) is 1. The van der Waals surface area contributed by atoms with Gasteiger partial charge < -0.3 is 20.4 Å². The highest BCUT2D eigenvalue weighted by Gasteiger charge is 2.31. The van der Waals surface area contributed by atoms with E-state index in [9.17, 15) is 14.7 Å². The number of carbonyl (C=O) groups excluding carboxylic acids is 1. The first-order chi connectivity index (χ1) is 8.73. The van der Waals surface area contributed by atoms with Gasteiger partial charge in [0.25, 0.3) is 0 Å². The van der Waals surface area contributed by atoms with Crippen LogP contribution < -0.4 is 5.32 Å². The van der Waals surface area contributed by atoms with Gasteiger partial charge in [-0.05, 0) is 13.8 Å². The summed E-state index contributed by atoms with van der Waals surface area (Å²) in [7, 11) is 0. The molecule has 7 heteroatoms. The summed E-state index contributed by atoms with van der Waals surface area (Å²) in [4.78, 5) is 24.3. The summed E-state index contributed by atoms with van der Waals surface area (Å²) in [6.45, 7) is 6.08. The Labute approximate surface area is 117 Å². The normalized spacial score (nSPS) is 26.6. The van der Waals surface area contributed by atoms with Crippen molar-refractivity contribution in [2.24, 2.45) is 0 Å². The van der Waals surface area contributed by atoms with Crippen molar-refractivity contribution >= 4 is 23.8 Å². The molecule has 2 amide bonds. The van der Waals surface area contributed by atoms with Crippen molar-refractivity contribution in [1.29, 1.82) is 0 Å². The maximum absolute atomic E-state index is 12.0. The summed E-state index contributed by atoms with van der Waals surface area (Å²) < 4.78 is 0. The molecule has 0 radical (unpaired) electrons. The van der Waals surface area contributed by atoms with E-state index in [4.69, 9.17) is 5.11 Å². The summed E-state index contributed by atoms with van der Waals surface area (Å²) in [5, 5.41) is 21.5. The second-order valence-corrected chi connectivity index (χ2v) is 6.72. The zero-order valence-electron chi connectivity index (χ0n) is 11.5. The van der Waals surface area contributed by atoms with E-state index in [1.165, 1.54) is 6.92 Å². The molecule has 0 aromatic rings. The molecule has 0 aromatic carbocycles. The highest BCUT2D eigenvalue weighted by molar-refractivity contribution is 8.00. The van der Waals surface area contributed by atoms with Crippen LogP contribution in [0.25, 0.3) is 0 Å². The summed E-state index contributed by atoms with van der Waals surface area (Å²) >= 11 is 1.83. The van der Waals surface area contributed by atoms with Gasteiger partial charge in [-0.15, -0.1) is 0 Å². The quantitative estimate of drug-likeness (QED) is 0.711. The number of thioether (sulfide) groups is 1. The van der Waals surface area contributed by atoms with Crippen molar-refractivity contribution < 1.29 is 19.8 Å². The predicted molar refractivity (Wildman–Crippen MR) is 74.4 cm³/mol. The molecule has 19 heavy (non-hydrogen) atoms. The maximum atomic E-state index is 12.0. The molecule has 3 unspecified atom stereocenters. The minimum absolute atomic E-state index is 0.0666. The average molecular weight is 290 g/mol. The molecule has 0 spiro atoms. The lowest BCUT2D eigenvalue weighted by atomic mass is 10.0. The summed E-state index contributed by atoms with van der Waals surface area (Å²) in [5.74, 6) is -0.194. The third-order valence-electron chi connectivity index (χ3n) is 3.30. The van der Waals surface area contributed by atoms with Gasteiger partial charge in [-0.3, -0.25) is 4.79 Å². The molecule has 110 valence electrons. The number of aliphatic carboxylic acids is 1. The lowest BCUT2D eigenvalue weighted by molar-refractivity contribution is -0.141. The van der Waals surface area contributed by atoms with Crippen molar-refractivity contribution in [3.05, 3.63) is 0 Å². The van der Waals surface area contributed by atoms with Crippen LogP contribution in [-0.2, 0) is 4.79 Å². The first-order valence-corrected chi connectivity index (χ1v) is 7.38. The number of aliphatic hydroxyl groups is 1. The number of amides is 2. The van der Waals surface area contributed by atoms with Gasteiger partial charge in [0.05, 0.1) is 12.0 Å². The van der Waals surface area contributed by atoms with Gasteiger partial charge in [-0.2, -0.15) is 11.8 Å². The molecule has 1 saturated heterocycles. The molecule has 6 nitrogen and oxygen atoms in total. The first-order valence-electron chi connectivity index (χ1n) is 6.33. The van der Waals surface area contributed by atoms with Crippen LogP contribution in [0.15, 0.2) is 0 Å². The Morgan fingerprint density at radius 1 is 1.47 bits per heavy atom.